The van der Waals surface area contributed by atoms with Crippen LogP contribution < -0.4 is 14.2 Å². The van der Waals surface area contributed by atoms with Crippen LogP contribution in [0.15, 0.2) is 23.1 Å². The molecule has 7 nitrogen and oxygen atoms in total. The fraction of sp³-hybridized carbons (Fsp3) is 0.300. The third-order valence-corrected chi connectivity index (χ3v) is 3.51. The number of rotatable bonds is 6. The second-order valence-electron chi connectivity index (χ2n) is 3.24. The summed E-state index contributed by atoms with van der Waals surface area (Å²) in [6.45, 7) is -0.697. The van der Waals surface area contributed by atoms with Crippen LogP contribution in [0.3, 0.4) is 0 Å². The van der Waals surface area contributed by atoms with Crippen LogP contribution in [0.25, 0.3) is 0 Å². The monoisotopic (exact) mass is 275 g/mol. The van der Waals surface area contributed by atoms with Crippen molar-refractivity contribution in [1.29, 1.82) is 0 Å². The van der Waals surface area contributed by atoms with E-state index in [0.717, 1.165) is 0 Å². The van der Waals surface area contributed by atoms with Crippen LogP contribution in [0.4, 0.5) is 0 Å². The maximum atomic E-state index is 11.8. The van der Waals surface area contributed by atoms with Gasteiger partial charge in [-0.3, -0.25) is 4.79 Å². The molecule has 18 heavy (non-hydrogen) atoms. The number of hydrogen-bond acceptors (Lipinski definition) is 5. The molecule has 0 aliphatic heterocycles. The lowest BCUT2D eigenvalue weighted by Crippen LogP contribution is -2.29. The molecule has 0 saturated carbocycles. The SMILES string of the molecule is COc1ccc(S(=O)(=O)NCC(=O)O)c(OC)c1. The lowest BCUT2D eigenvalue weighted by Gasteiger charge is -2.10. The summed E-state index contributed by atoms with van der Waals surface area (Å²) in [7, 11) is -1.19. The molecule has 0 heterocycles. The van der Waals surface area contributed by atoms with Gasteiger partial charge in [0.15, 0.2) is 0 Å². The molecule has 0 spiro atoms. The van der Waals surface area contributed by atoms with Gasteiger partial charge < -0.3 is 14.6 Å². The van der Waals surface area contributed by atoms with Crippen LogP contribution in [0.1, 0.15) is 0 Å². The van der Waals surface area contributed by atoms with Gasteiger partial charge in [-0.1, -0.05) is 0 Å². The second kappa shape index (κ2) is 5.69. The van der Waals surface area contributed by atoms with Gasteiger partial charge in [-0.05, 0) is 12.1 Å². The first-order chi connectivity index (χ1) is 8.40. The predicted octanol–water partition coefficient (Wildman–Crippen LogP) is 0.0667. The Labute approximate surface area is 104 Å². The maximum absolute atomic E-state index is 11.8. The number of methoxy groups -OCH3 is 2. The van der Waals surface area contributed by atoms with Crippen molar-refractivity contribution < 1.29 is 27.8 Å². The van der Waals surface area contributed by atoms with Gasteiger partial charge in [-0.25, -0.2) is 8.42 Å². The van der Waals surface area contributed by atoms with Crippen molar-refractivity contribution in [2.45, 2.75) is 4.90 Å². The third-order valence-electron chi connectivity index (χ3n) is 2.07. The highest BCUT2D eigenvalue weighted by Crippen LogP contribution is 2.27. The summed E-state index contributed by atoms with van der Waals surface area (Å²) < 4.78 is 35.4. The van der Waals surface area contributed by atoms with Crippen LogP contribution in [-0.4, -0.2) is 40.3 Å². The molecule has 0 bridgehead atoms. The number of hydrogen-bond donors (Lipinski definition) is 2. The third kappa shape index (κ3) is 3.34. The van der Waals surface area contributed by atoms with E-state index in [2.05, 4.69) is 0 Å². The number of carbonyl (C=O) groups is 1. The molecular weight excluding hydrogens is 262 g/mol. The van der Waals surface area contributed by atoms with E-state index in [-0.39, 0.29) is 10.6 Å². The van der Waals surface area contributed by atoms with Crippen LogP contribution >= 0.6 is 0 Å². The Morgan fingerprint density at radius 2 is 2.00 bits per heavy atom. The molecule has 0 atom stereocenters. The molecule has 1 aromatic carbocycles. The quantitative estimate of drug-likeness (QED) is 0.761. The number of aliphatic carboxylic acids is 1. The molecule has 8 heteroatoms. The fourth-order valence-electron chi connectivity index (χ4n) is 1.23. The molecule has 100 valence electrons. The highest BCUT2D eigenvalue weighted by Gasteiger charge is 2.20. The average Bonchev–Trinajstić information content (AvgIpc) is 2.35. The molecule has 0 saturated heterocycles. The molecule has 0 aliphatic rings. The van der Waals surface area contributed by atoms with E-state index >= 15 is 0 Å². The molecule has 0 aliphatic carbocycles. The molecule has 0 radical (unpaired) electrons. The van der Waals surface area contributed by atoms with Crippen LogP contribution in [0.2, 0.25) is 0 Å². The van der Waals surface area contributed by atoms with Crippen LogP contribution in [0, 0.1) is 0 Å². The standard InChI is InChI=1S/C10H13NO6S/c1-16-7-3-4-9(8(5-7)17-2)18(14,15)11-6-10(12)13/h3-5,11H,6H2,1-2H3,(H,12,13). The van der Waals surface area contributed by atoms with Crippen molar-refractivity contribution in [1.82, 2.24) is 4.72 Å². The first-order valence-electron chi connectivity index (χ1n) is 4.84. The van der Waals surface area contributed by atoms with Gasteiger partial charge in [0.2, 0.25) is 10.0 Å². The number of carboxylic acid groups (broad SMARTS) is 1. The smallest absolute Gasteiger partial charge is 0.318 e. The van der Waals surface area contributed by atoms with Gasteiger partial charge >= 0.3 is 5.97 Å². The zero-order valence-corrected chi connectivity index (χ0v) is 10.7. The van der Waals surface area contributed by atoms with E-state index in [1.165, 1.54) is 32.4 Å². The molecule has 1 rings (SSSR count). The van der Waals surface area contributed by atoms with Crippen LogP contribution in [0.5, 0.6) is 11.5 Å². The summed E-state index contributed by atoms with van der Waals surface area (Å²) in [6, 6.07) is 4.12. The number of sulfonamides is 1. The van der Waals surface area contributed by atoms with E-state index in [9.17, 15) is 13.2 Å². The normalized spacial score (nSPS) is 11.0. The first-order valence-corrected chi connectivity index (χ1v) is 6.32. The summed E-state index contributed by atoms with van der Waals surface area (Å²) >= 11 is 0. The lowest BCUT2D eigenvalue weighted by molar-refractivity contribution is -0.135. The summed E-state index contributed by atoms with van der Waals surface area (Å²) in [5.41, 5.74) is 0. The van der Waals surface area contributed by atoms with Gasteiger partial charge in [0, 0.05) is 6.07 Å². The van der Waals surface area contributed by atoms with E-state index in [1.807, 2.05) is 4.72 Å². The highest BCUT2D eigenvalue weighted by atomic mass is 32.2. The minimum Gasteiger partial charge on any atom is -0.497 e. The Morgan fingerprint density at radius 3 is 2.50 bits per heavy atom. The Hall–Kier alpha value is -1.80. The number of carboxylic acids is 1. The van der Waals surface area contributed by atoms with Gasteiger partial charge in [-0.15, -0.1) is 0 Å². The van der Waals surface area contributed by atoms with Crippen molar-refractivity contribution in [2.75, 3.05) is 20.8 Å². The van der Waals surface area contributed by atoms with Crippen LogP contribution in [-0.2, 0) is 14.8 Å². The van der Waals surface area contributed by atoms with Crippen molar-refractivity contribution >= 4 is 16.0 Å². The molecule has 0 fully saturated rings. The minimum atomic E-state index is -3.93. The average molecular weight is 275 g/mol. The zero-order valence-electron chi connectivity index (χ0n) is 9.84. The van der Waals surface area contributed by atoms with Gasteiger partial charge in [0.05, 0.1) is 14.2 Å². The zero-order chi connectivity index (χ0) is 13.8. The molecule has 0 amide bonds. The highest BCUT2D eigenvalue weighted by molar-refractivity contribution is 7.89. The van der Waals surface area contributed by atoms with E-state index in [4.69, 9.17) is 14.6 Å². The van der Waals surface area contributed by atoms with Crippen molar-refractivity contribution in [3.8, 4) is 11.5 Å². The topological polar surface area (TPSA) is 102 Å². The van der Waals surface area contributed by atoms with Gasteiger partial charge in [0.25, 0.3) is 0 Å². The summed E-state index contributed by atoms with van der Waals surface area (Å²) in [5, 5.41) is 8.45. The Morgan fingerprint density at radius 1 is 1.33 bits per heavy atom. The molecule has 1 aromatic rings. The van der Waals surface area contributed by atoms with E-state index in [0.29, 0.717) is 5.75 Å². The Kier molecular flexibility index (Phi) is 4.51. The van der Waals surface area contributed by atoms with E-state index < -0.39 is 22.5 Å². The van der Waals surface area contributed by atoms with Gasteiger partial charge in [0.1, 0.15) is 22.9 Å². The van der Waals surface area contributed by atoms with Crippen molar-refractivity contribution in [2.24, 2.45) is 0 Å². The Bertz CT molecular complexity index is 539. The lowest BCUT2D eigenvalue weighted by atomic mass is 10.3. The second-order valence-corrected chi connectivity index (χ2v) is 4.97. The summed E-state index contributed by atoms with van der Waals surface area (Å²) in [5.74, 6) is -0.762. The number of benzene rings is 1. The number of ether oxygens (including phenoxy) is 2. The number of nitrogens with one attached hydrogen (secondary N) is 1. The maximum Gasteiger partial charge on any atom is 0.318 e. The first kappa shape index (κ1) is 14.3. The van der Waals surface area contributed by atoms with Crippen molar-refractivity contribution in [3.63, 3.8) is 0 Å². The minimum absolute atomic E-state index is 0.0761. The largest absolute Gasteiger partial charge is 0.497 e. The molecule has 2 N–H and O–H groups in total. The summed E-state index contributed by atoms with van der Waals surface area (Å²) in [4.78, 5) is 10.2. The summed E-state index contributed by atoms with van der Waals surface area (Å²) in [6.07, 6.45) is 0. The van der Waals surface area contributed by atoms with Crippen molar-refractivity contribution in [3.05, 3.63) is 18.2 Å². The predicted molar refractivity (Wildman–Crippen MR) is 62.4 cm³/mol. The Balaban J connectivity index is 3.11. The van der Waals surface area contributed by atoms with Gasteiger partial charge in [-0.2, -0.15) is 4.72 Å². The molecular formula is C10H13NO6S. The fourth-order valence-corrected chi connectivity index (χ4v) is 2.35. The van der Waals surface area contributed by atoms with E-state index in [1.54, 1.807) is 0 Å². The molecule has 0 aromatic heterocycles. The molecule has 0 unspecified atom stereocenters.